The van der Waals surface area contributed by atoms with E-state index in [9.17, 15) is 14.4 Å². The van der Waals surface area contributed by atoms with Crippen LogP contribution in [0.15, 0.2) is 52.2 Å². The van der Waals surface area contributed by atoms with E-state index in [-0.39, 0.29) is 12.4 Å². The Labute approximate surface area is 197 Å². The number of esters is 1. The Morgan fingerprint density at radius 2 is 1.82 bits per heavy atom. The molecule has 0 saturated carbocycles. The maximum atomic E-state index is 12.0. The predicted octanol–water partition coefficient (Wildman–Crippen LogP) is 2.07. The van der Waals surface area contributed by atoms with E-state index >= 15 is 0 Å². The predicted molar refractivity (Wildman–Crippen MR) is 118 cm³/mol. The van der Waals surface area contributed by atoms with E-state index in [1.807, 2.05) is 6.92 Å². The molecule has 2 aromatic heterocycles. The number of halogens is 1. The minimum absolute atomic E-state index is 0.0785. The molecule has 0 saturated heterocycles. The average molecular weight is 494 g/mol. The van der Waals surface area contributed by atoms with Crippen LogP contribution in [0.25, 0.3) is 11.6 Å². The summed E-state index contributed by atoms with van der Waals surface area (Å²) in [5.41, 5.74) is 4.29. The number of ether oxygens (including phenoxy) is 2. The fourth-order valence-corrected chi connectivity index (χ4v) is 3.40. The van der Waals surface area contributed by atoms with Crippen molar-refractivity contribution in [1.82, 2.24) is 25.6 Å². The maximum Gasteiger partial charge on any atom is 0.316 e. The Morgan fingerprint density at radius 1 is 1.09 bits per heavy atom. The third-order valence-electron chi connectivity index (χ3n) is 3.98. The van der Waals surface area contributed by atoms with E-state index in [1.54, 1.807) is 41.0 Å². The van der Waals surface area contributed by atoms with Gasteiger partial charge in [-0.3, -0.25) is 29.8 Å². The van der Waals surface area contributed by atoms with Crippen LogP contribution in [0.5, 0.6) is 5.75 Å². The highest BCUT2D eigenvalue weighted by molar-refractivity contribution is 7.99. The summed E-state index contributed by atoms with van der Waals surface area (Å²) in [7, 11) is 0. The van der Waals surface area contributed by atoms with E-state index in [4.69, 9.17) is 25.5 Å². The molecule has 11 nitrogen and oxygen atoms in total. The van der Waals surface area contributed by atoms with Gasteiger partial charge in [-0.1, -0.05) is 23.4 Å². The first-order valence-corrected chi connectivity index (χ1v) is 11.0. The molecule has 0 fully saturated rings. The monoisotopic (exact) mass is 493 g/mol. The molecule has 3 aromatic rings. The molecule has 0 aliphatic rings. The van der Waals surface area contributed by atoms with Crippen molar-refractivity contribution in [3.8, 4) is 17.3 Å². The number of hydrazine groups is 1. The highest BCUT2D eigenvalue weighted by Crippen LogP contribution is 2.24. The molecule has 0 bridgehead atoms. The molecule has 0 atom stereocenters. The largest absolute Gasteiger partial charge is 0.484 e. The van der Waals surface area contributed by atoms with Gasteiger partial charge in [-0.2, -0.15) is 0 Å². The molecule has 2 heterocycles. The van der Waals surface area contributed by atoms with Crippen LogP contribution in [0.2, 0.25) is 5.02 Å². The minimum Gasteiger partial charge on any atom is -0.484 e. The van der Waals surface area contributed by atoms with Gasteiger partial charge in [-0.05, 0) is 43.3 Å². The van der Waals surface area contributed by atoms with Crippen molar-refractivity contribution in [3.63, 3.8) is 0 Å². The van der Waals surface area contributed by atoms with Gasteiger partial charge in [0.2, 0.25) is 0 Å². The molecule has 33 heavy (non-hydrogen) atoms. The van der Waals surface area contributed by atoms with Crippen molar-refractivity contribution in [2.75, 3.05) is 19.0 Å². The van der Waals surface area contributed by atoms with Gasteiger partial charge < -0.3 is 13.9 Å². The van der Waals surface area contributed by atoms with Gasteiger partial charge >= 0.3 is 5.97 Å². The number of nitrogens with zero attached hydrogens (tertiary/aromatic N) is 3. The summed E-state index contributed by atoms with van der Waals surface area (Å²) in [5.74, 6) is -0.438. The van der Waals surface area contributed by atoms with Gasteiger partial charge in [0, 0.05) is 11.6 Å². The highest BCUT2D eigenvalue weighted by Gasteiger charge is 2.17. The van der Waals surface area contributed by atoms with Gasteiger partial charge in [0.15, 0.2) is 30.0 Å². The van der Waals surface area contributed by atoms with Crippen molar-refractivity contribution < 1.29 is 28.3 Å². The SMILES string of the molecule is CCn1c(SCC(=O)OCC(=O)NNC(=O)COc2ccc(Cl)cc2)nnc1-c1ccco1. The zero-order valence-corrected chi connectivity index (χ0v) is 19.0. The molecular weight excluding hydrogens is 474 g/mol. The third kappa shape index (κ3) is 7.26. The summed E-state index contributed by atoms with van der Waals surface area (Å²) in [6.45, 7) is 1.60. The first kappa shape index (κ1) is 24.1. The summed E-state index contributed by atoms with van der Waals surface area (Å²) in [6, 6.07) is 9.95. The fourth-order valence-electron chi connectivity index (χ4n) is 2.47. The van der Waals surface area contributed by atoms with Crippen LogP contribution in [0, 0.1) is 0 Å². The van der Waals surface area contributed by atoms with Gasteiger partial charge in [0.1, 0.15) is 5.75 Å². The van der Waals surface area contributed by atoms with Crippen molar-refractivity contribution in [2.45, 2.75) is 18.6 Å². The number of amides is 2. The normalized spacial score (nSPS) is 10.5. The number of carbonyl (C=O) groups excluding carboxylic acids is 3. The minimum atomic E-state index is -0.704. The number of furan rings is 1. The van der Waals surface area contributed by atoms with Crippen LogP contribution in [0.4, 0.5) is 0 Å². The molecule has 2 amide bonds. The lowest BCUT2D eigenvalue weighted by Crippen LogP contribution is -2.45. The number of thioether (sulfide) groups is 1. The van der Waals surface area contributed by atoms with Crippen molar-refractivity contribution in [1.29, 1.82) is 0 Å². The van der Waals surface area contributed by atoms with Crippen LogP contribution in [0.1, 0.15) is 6.92 Å². The van der Waals surface area contributed by atoms with E-state index in [1.165, 1.54) is 6.26 Å². The van der Waals surface area contributed by atoms with Gasteiger partial charge in [0.25, 0.3) is 11.8 Å². The molecule has 0 unspecified atom stereocenters. The lowest BCUT2D eigenvalue weighted by Gasteiger charge is -2.09. The van der Waals surface area contributed by atoms with Crippen molar-refractivity contribution in [2.24, 2.45) is 0 Å². The van der Waals surface area contributed by atoms with Crippen LogP contribution < -0.4 is 15.6 Å². The maximum absolute atomic E-state index is 12.0. The fraction of sp³-hybridized carbons (Fsp3) is 0.250. The topological polar surface area (TPSA) is 138 Å². The number of carbonyl (C=O) groups is 3. The number of benzene rings is 1. The molecule has 174 valence electrons. The van der Waals surface area contributed by atoms with Crippen LogP contribution in [-0.2, 0) is 25.7 Å². The van der Waals surface area contributed by atoms with Gasteiger partial charge in [-0.15, -0.1) is 10.2 Å². The average Bonchev–Trinajstić information content (AvgIpc) is 3.49. The first-order valence-electron chi connectivity index (χ1n) is 9.67. The molecule has 0 radical (unpaired) electrons. The zero-order chi connectivity index (χ0) is 23.6. The number of rotatable bonds is 10. The summed E-state index contributed by atoms with van der Waals surface area (Å²) >= 11 is 6.89. The lowest BCUT2D eigenvalue weighted by atomic mass is 10.3. The quantitative estimate of drug-likeness (QED) is 0.247. The van der Waals surface area contributed by atoms with Crippen molar-refractivity contribution >= 4 is 41.1 Å². The molecular formula is C20H20ClN5O6S. The molecule has 1 aromatic carbocycles. The van der Waals surface area contributed by atoms with Gasteiger partial charge in [0.05, 0.1) is 12.0 Å². The smallest absolute Gasteiger partial charge is 0.316 e. The number of hydrogen-bond donors (Lipinski definition) is 2. The number of aromatic nitrogens is 3. The standard InChI is InChI=1S/C20H20ClN5O6S/c1-2-26-19(15-4-3-9-30-15)24-25-20(26)33-12-18(29)32-11-17(28)23-22-16(27)10-31-14-7-5-13(21)6-8-14/h3-9H,2,10-12H2,1H3,(H,22,27)(H,23,28). The highest BCUT2D eigenvalue weighted by atomic mass is 35.5. The summed E-state index contributed by atoms with van der Waals surface area (Å²) in [6.07, 6.45) is 1.54. The van der Waals surface area contributed by atoms with Crippen LogP contribution >= 0.6 is 23.4 Å². The van der Waals surface area contributed by atoms with Crippen LogP contribution in [0.3, 0.4) is 0 Å². The lowest BCUT2D eigenvalue weighted by molar-refractivity contribution is -0.146. The first-order chi connectivity index (χ1) is 16.0. The van der Waals surface area contributed by atoms with E-state index in [2.05, 4.69) is 21.0 Å². The molecule has 0 spiro atoms. The molecule has 2 N–H and O–H groups in total. The summed E-state index contributed by atoms with van der Waals surface area (Å²) < 4.78 is 17.3. The molecule has 13 heteroatoms. The van der Waals surface area contributed by atoms with E-state index in [0.29, 0.717) is 34.1 Å². The second-order valence-corrected chi connectivity index (χ2v) is 7.69. The Kier molecular flexibility index (Phi) is 8.72. The van der Waals surface area contributed by atoms with Crippen molar-refractivity contribution in [3.05, 3.63) is 47.7 Å². The third-order valence-corrected chi connectivity index (χ3v) is 5.18. The van der Waals surface area contributed by atoms with Gasteiger partial charge in [-0.25, -0.2) is 0 Å². The summed E-state index contributed by atoms with van der Waals surface area (Å²) in [5, 5.41) is 9.20. The van der Waals surface area contributed by atoms with E-state index < -0.39 is 24.4 Å². The Hall–Kier alpha value is -3.51. The second-order valence-electron chi connectivity index (χ2n) is 6.32. The summed E-state index contributed by atoms with van der Waals surface area (Å²) in [4.78, 5) is 35.5. The van der Waals surface area contributed by atoms with Crippen LogP contribution in [-0.4, -0.2) is 51.5 Å². The Balaban J connectivity index is 1.34. The second kappa shape index (κ2) is 11.9. The zero-order valence-electron chi connectivity index (χ0n) is 17.4. The molecule has 0 aliphatic heterocycles. The molecule has 0 aliphatic carbocycles. The molecule has 3 rings (SSSR count). The number of hydrogen-bond acceptors (Lipinski definition) is 9. The number of nitrogens with one attached hydrogen (secondary N) is 2. The Morgan fingerprint density at radius 3 is 2.48 bits per heavy atom. The Bertz CT molecular complexity index is 1090. The van der Waals surface area contributed by atoms with E-state index in [0.717, 1.165) is 11.8 Å².